The van der Waals surface area contributed by atoms with Crippen LogP contribution in [0.3, 0.4) is 0 Å². The Labute approximate surface area is 194 Å². The molecule has 2 aliphatic rings. The van der Waals surface area contributed by atoms with Crippen molar-refractivity contribution in [3.8, 4) is 5.75 Å². The van der Waals surface area contributed by atoms with Gasteiger partial charge in [0.1, 0.15) is 11.5 Å². The number of hydrogen-bond donors (Lipinski definition) is 1. The molecule has 33 heavy (non-hydrogen) atoms. The van der Waals surface area contributed by atoms with Crippen molar-refractivity contribution in [1.82, 2.24) is 9.80 Å². The van der Waals surface area contributed by atoms with Gasteiger partial charge in [0.2, 0.25) is 0 Å². The number of ether oxygens (including phenoxy) is 2. The van der Waals surface area contributed by atoms with Crippen LogP contribution in [0.2, 0.25) is 0 Å². The number of Topliss-reactive ketones (excluding diaryl/α,β-unsaturated/α-hetero) is 1. The van der Waals surface area contributed by atoms with Gasteiger partial charge >= 0.3 is 0 Å². The first kappa shape index (κ1) is 23.0. The van der Waals surface area contributed by atoms with Gasteiger partial charge in [-0.1, -0.05) is 31.2 Å². The Hall–Kier alpha value is -3.16. The van der Waals surface area contributed by atoms with Crippen LogP contribution in [0.5, 0.6) is 5.75 Å². The second-order valence-corrected chi connectivity index (χ2v) is 8.27. The Kier molecular flexibility index (Phi) is 7.11. The highest BCUT2D eigenvalue weighted by atomic mass is 16.5. The minimum absolute atomic E-state index is 0.122. The van der Waals surface area contributed by atoms with Crippen molar-refractivity contribution in [3.05, 3.63) is 70.8 Å². The van der Waals surface area contributed by atoms with Gasteiger partial charge in [-0.05, 0) is 41.8 Å². The highest BCUT2D eigenvalue weighted by Gasteiger charge is 2.46. The van der Waals surface area contributed by atoms with Crippen LogP contribution in [0.25, 0.3) is 5.76 Å². The number of aliphatic hydroxyl groups is 1. The molecule has 0 radical (unpaired) electrons. The molecule has 7 nitrogen and oxygen atoms in total. The number of nitrogens with zero attached hydrogens (tertiary/aromatic N) is 2. The van der Waals surface area contributed by atoms with Crippen LogP contribution in [0.1, 0.15) is 29.7 Å². The molecule has 2 fully saturated rings. The maximum atomic E-state index is 13.1. The SMILES string of the molecule is CCc1ccc([C@H]2/C(=C(\O)c3ccc(OC)cc3)C(=O)C(=O)N2CCN2CCOCC2)cc1. The Morgan fingerprint density at radius 1 is 1.03 bits per heavy atom. The van der Waals surface area contributed by atoms with Crippen LogP contribution in [-0.2, 0) is 20.7 Å². The van der Waals surface area contributed by atoms with E-state index in [1.54, 1.807) is 36.3 Å². The summed E-state index contributed by atoms with van der Waals surface area (Å²) in [6.07, 6.45) is 0.892. The molecule has 2 saturated heterocycles. The summed E-state index contributed by atoms with van der Waals surface area (Å²) in [6.45, 7) is 6.04. The summed E-state index contributed by atoms with van der Waals surface area (Å²) in [4.78, 5) is 30.1. The Morgan fingerprint density at radius 3 is 2.30 bits per heavy atom. The molecule has 0 aliphatic carbocycles. The van der Waals surface area contributed by atoms with Crippen molar-refractivity contribution >= 4 is 17.4 Å². The van der Waals surface area contributed by atoms with Gasteiger partial charge < -0.3 is 19.5 Å². The molecule has 1 amide bonds. The standard InChI is InChI=1S/C26H30N2O5/c1-3-18-4-6-19(7-5-18)23-22(24(29)20-8-10-21(32-2)11-9-20)25(30)26(31)28(23)13-12-27-14-16-33-17-15-27/h4-11,23,29H,3,12-17H2,1-2H3/b24-22+/t23-/m0/s1. The fraction of sp³-hybridized carbons (Fsp3) is 0.385. The zero-order chi connectivity index (χ0) is 23.4. The lowest BCUT2D eigenvalue weighted by Crippen LogP contribution is -2.42. The molecular weight excluding hydrogens is 420 g/mol. The van der Waals surface area contributed by atoms with Crippen LogP contribution >= 0.6 is 0 Å². The molecule has 2 aromatic rings. The third-order valence-corrected chi connectivity index (χ3v) is 6.37. The first-order chi connectivity index (χ1) is 16.0. The van der Waals surface area contributed by atoms with E-state index in [2.05, 4.69) is 11.8 Å². The number of ketones is 1. The summed E-state index contributed by atoms with van der Waals surface area (Å²) in [5, 5.41) is 11.2. The van der Waals surface area contributed by atoms with Gasteiger partial charge in [-0.15, -0.1) is 0 Å². The molecule has 174 valence electrons. The van der Waals surface area contributed by atoms with E-state index in [4.69, 9.17) is 9.47 Å². The number of methoxy groups -OCH3 is 1. The Bertz CT molecular complexity index is 1020. The summed E-state index contributed by atoms with van der Waals surface area (Å²) in [5.74, 6) is -0.767. The van der Waals surface area contributed by atoms with Gasteiger partial charge in [-0.25, -0.2) is 0 Å². The molecule has 0 unspecified atom stereocenters. The van der Waals surface area contributed by atoms with Gasteiger partial charge in [0.05, 0.1) is 31.9 Å². The van der Waals surface area contributed by atoms with E-state index < -0.39 is 17.7 Å². The number of morpholine rings is 1. The number of benzene rings is 2. The average Bonchev–Trinajstić information content (AvgIpc) is 3.12. The van der Waals surface area contributed by atoms with Gasteiger partial charge in [0.25, 0.3) is 11.7 Å². The summed E-state index contributed by atoms with van der Waals surface area (Å²) in [5.41, 5.74) is 2.57. The Morgan fingerprint density at radius 2 is 1.70 bits per heavy atom. The van der Waals surface area contributed by atoms with E-state index in [1.165, 1.54) is 5.56 Å². The number of aliphatic hydroxyl groups excluding tert-OH is 1. The number of likely N-dealkylation sites (tertiary alicyclic amines) is 1. The zero-order valence-corrected chi connectivity index (χ0v) is 19.1. The number of rotatable bonds is 7. The molecule has 2 heterocycles. The fourth-order valence-electron chi connectivity index (χ4n) is 4.37. The van der Waals surface area contributed by atoms with E-state index in [-0.39, 0.29) is 11.3 Å². The summed E-state index contributed by atoms with van der Waals surface area (Å²) in [6, 6.07) is 14.1. The van der Waals surface area contributed by atoms with Gasteiger partial charge in [-0.3, -0.25) is 14.5 Å². The smallest absolute Gasteiger partial charge is 0.295 e. The van der Waals surface area contributed by atoms with Crippen molar-refractivity contribution in [3.63, 3.8) is 0 Å². The minimum Gasteiger partial charge on any atom is -0.507 e. The zero-order valence-electron chi connectivity index (χ0n) is 19.1. The predicted octanol–water partition coefficient (Wildman–Crippen LogP) is 3.01. The first-order valence-electron chi connectivity index (χ1n) is 11.3. The molecular formula is C26H30N2O5. The number of carbonyl (C=O) groups excluding carboxylic acids is 2. The monoisotopic (exact) mass is 450 g/mol. The van der Waals surface area contributed by atoms with Crippen LogP contribution < -0.4 is 4.74 Å². The summed E-state index contributed by atoms with van der Waals surface area (Å²) < 4.78 is 10.6. The second kappa shape index (κ2) is 10.2. The van der Waals surface area contributed by atoms with Crippen molar-refractivity contribution in [1.29, 1.82) is 0 Å². The van der Waals surface area contributed by atoms with Gasteiger partial charge in [0, 0.05) is 31.7 Å². The molecule has 2 aliphatic heterocycles. The number of hydrogen-bond acceptors (Lipinski definition) is 6. The van der Waals surface area contributed by atoms with Crippen LogP contribution in [0, 0.1) is 0 Å². The van der Waals surface area contributed by atoms with Gasteiger partial charge in [0.15, 0.2) is 0 Å². The van der Waals surface area contributed by atoms with Crippen molar-refractivity contribution < 1.29 is 24.2 Å². The van der Waals surface area contributed by atoms with E-state index in [0.29, 0.717) is 37.6 Å². The quantitative estimate of drug-likeness (QED) is 0.397. The predicted molar refractivity (Wildman–Crippen MR) is 125 cm³/mol. The normalized spacial score (nSPS) is 20.9. The van der Waals surface area contributed by atoms with E-state index >= 15 is 0 Å². The summed E-state index contributed by atoms with van der Waals surface area (Å²) in [7, 11) is 1.56. The molecule has 0 spiro atoms. The molecule has 0 bridgehead atoms. The molecule has 1 N–H and O–H groups in total. The van der Waals surface area contributed by atoms with Crippen molar-refractivity contribution in [2.24, 2.45) is 0 Å². The number of amides is 1. The lowest BCUT2D eigenvalue weighted by atomic mass is 9.94. The molecule has 0 aromatic heterocycles. The maximum absolute atomic E-state index is 13.1. The van der Waals surface area contributed by atoms with Crippen molar-refractivity contribution in [2.75, 3.05) is 46.5 Å². The summed E-state index contributed by atoms with van der Waals surface area (Å²) >= 11 is 0. The maximum Gasteiger partial charge on any atom is 0.295 e. The first-order valence-corrected chi connectivity index (χ1v) is 11.3. The van der Waals surface area contributed by atoms with Crippen LogP contribution in [0.4, 0.5) is 0 Å². The third-order valence-electron chi connectivity index (χ3n) is 6.37. The van der Waals surface area contributed by atoms with Crippen LogP contribution in [-0.4, -0.2) is 73.1 Å². The molecule has 7 heteroatoms. The lowest BCUT2D eigenvalue weighted by molar-refractivity contribution is -0.140. The van der Waals surface area contributed by atoms with E-state index in [9.17, 15) is 14.7 Å². The highest BCUT2D eigenvalue weighted by molar-refractivity contribution is 6.46. The highest BCUT2D eigenvalue weighted by Crippen LogP contribution is 2.39. The third kappa shape index (κ3) is 4.79. The molecule has 4 rings (SSSR count). The minimum atomic E-state index is -0.658. The van der Waals surface area contributed by atoms with E-state index in [1.807, 2.05) is 24.3 Å². The fourth-order valence-corrected chi connectivity index (χ4v) is 4.37. The number of carbonyl (C=O) groups is 2. The second-order valence-electron chi connectivity index (χ2n) is 8.27. The lowest BCUT2D eigenvalue weighted by Gasteiger charge is -2.31. The molecule has 2 aromatic carbocycles. The topological polar surface area (TPSA) is 79.3 Å². The number of aryl methyl sites for hydroxylation is 1. The Balaban J connectivity index is 1.72. The van der Waals surface area contributed by atoms with Crippen molar-refractivity contribution in [2.45, 2.75) is 19.4 Å². The largest absolute Gasteiger partial charge is 0.507 e. The molecule has 0 saturated carbocycles. The van der Waals surface area contributed by atoms with Gasteiger partial charge in [-0.2, -0.15) is 0 Å². The molecule has 1 atom stereocenters. The average molecular weight is 451 g/mol. The van der Waals surface area contributed by atoms with Crippen LogP contribution in [0.15, 0.2) is 54.1 Å². The van der Waals surface area contributed by atoms with E-state index in [0.717, 1.165) is 25.1 Å².